The fraction of sp³-hybridized carbons (Fsp3) is 0.448. The number of carbonyl (C=O) groups excluding carboxylic acids is 1. The molecule has 3 aliphatic rings. The highest BCUT2D eigenvalue weighted by atomic mass is 32.1. The average molecular weight is 570 g/mol. The van der Waals surface area contributed by atoms with Crippen LogP contribution in [-0.2, 0) is 9.53 Å². The number of rotatable bonds is 5. The summed E-state index contributed by atoms with van der Waals surface area (Å²) in [4.78, 5) is 20.8. The van der Waals surface area contributed by atoms with Crippen LogP contribution in [0.25, 0.3) is 27.5 Å². The van der Waals surface area contributed by atoms with Crippen molar-refractivity contribution in [1.82, 2.24) is 29.7 Å². The van der Waals surface area contributed by atoms with Crippen LogP contribution in [0.2, 0.25) is 0 Å². The quantitative estimate of drug-likeness (QED) is 0.382. The van der Waals surface area contributed by atoms with Gasteiger partial charge in [0.25, 0.3) is 0 Å². The molecule has 7 rings (SSSR count). The Kier molecular flexibility index (Phi) is 6.55. The monoisotopic (exact) mass is 569 g/mol. The van der Waals surface area contributed by atoms with Gasteiger partial charge in [0.1, 0.15) is 6.07 Å². The van der Waals surface area contributed by atoms with Gasteiger partial charge in [-0.25, -0.2) is 4.52 Å². The number of nitrogens with zero attached hydrogens (tertiary/aromatic N) is 8. The number of aromatic nitrogens is 5. The van der Waals surface area contributed by atoms with Gasteiger partial charge >= 0.3 is 0 Å². The standard InChI is InChI=1S/C29H31N9O2S/c1-19(39)36-8-6-29(7-9-36)17-37(18-29)28-35-34-27(41-28)23-16-31-25(13-24(23)33-21-4-10-40-11-5-21)26-3-2-22-12-20(14-30)15-32-38(22)26/h2-3,12-13,15-16,21H,4-11,17-18H2,1H3,(H,31,33). The Morgan fingerprint density at radius 3 is 2.71 bits per heavy atom. The van der Waals surface area contributed by atoms with E-state index in [1.807, 2.05) is 33.8 Å². The Bertz CT molecular complexity index is 1640. The van der Waals surface area contributed by atoms with Crippen LogP contribution >= 0.6 is 11.3 Å². The van der Waals surface area contributed by atoms with E-state index in [1.165, 1.54) is 0 Å². The molecule has 3 saturated heterocycles. The fourth-order valence-corrected chi connectivity index (χ4v) is 7.03. The van der Waals surface area contributed by atoms with Gasteiger partial charge in [-0.1, -0.05) is 11.3 Å². The summed E-state index contributed by atoms with van der Waals surface area (Å²) >= 11 is 1.60. The highest BCUT2D eigenvalue weighted by Gasteiger charge is 2.46. The molecule has 0 atom stereocenters. The van der Waals surface area contributed by atoms with Crippen molar-refractivity contribution in [3.8, 4) is 28.0 Å². The molecule has 7 heterocycles. The van der Waals surface area contributed by atoms with Crippen LogP contribution in [0.1, 0.15) is 38.2 Å². The fourth-order valence-electron chi connectivity index (χ4n) is 6.16. The van der Waals surface area contributed by atoms with Crippen molar-refractivity contribution in [2.24, 2.45) is 5.41 Å². The Morgan fingerprint density at radius 2 is 1.95 bits per heavy atom. The van der Waals surface area contributed by atoms with Gasteiger partial charge in [0.05, 0.1) is 34.2 Å². The lowest BCUT2D eigenvalue weighted by Crippen LogP contribution is -2.60. The van der Waals surface area contributed by atoms with Gasteiger partial charge in [-0.3, -0.25) is 9.78 Å². The van der Waals surface area contributed by atoms with E-state index in [0.29, 0.717) is 11.6 Å². The van der Waals surface area contributed by atoms with Crippen molar-refractivity contribution in [2.45, 2.75) is 38.6 Å². The zero-order valence-corrected chi connectivity index (χ0v) is 23.7. The normalized spacial score (nSPS) is 18.8. The Hall–Kier alpha value is -4.08. The highest BCUT2D eigenvalue weighted by molar-refractivity contribution is 7.18. The summed E-state index contributed by atoms with van der Waals surface area (Å²) in [5.41, 5.74) is 5.17. The highest BCUT2D eigenvalue weighted by Crippen LogP contribution is 2.45. The minimum atomic E-state index is 0.171. The van der Waals surface area contributed by atoms with E-state index in [4.69, 9.17) is 9.72 Å². The summed E-state index contributed by atoms with van der Waals surface area (Å²) in [7, 11) is 0. The summed E-state index contributed by atoms with van der Waals surface area (Å²) in [6, 6.07) is 10.3. The molecule has 1 N–H and O–H groups in total. The third-order valence-corrected chi connectivity index (χ3v) is 9.63. The van der Waals surface area contributed by atoms with Gasteiger partial charge in [-0.2, -0.15) is 10.4 Å². The minimum Gasteiger partial charge on any atom is -0.381 e. The van der Waals surface area contributed by atoms with Gasteiger partial charge in [0.2, 0.25) is 11.0 Å². The van der Waals surface area contributed by atoms with Crippen molar-refractivity contribution in [3.05, 3.63) is 42.2 Å². The second-order valence-electron chi connectivity index (χ2n) is 11.3. The van der Waals surface area contributed by atoms with Gasteiger partial charge in [-0.15, -0.1) is 10.2 Å². The lowest BCUT2D eigenvalue weighted by atomic mass is 9.72. The molecule has 0 saturated carbocycles. The van der Waals surface area contributed by atoms with Crippen molar-refractivity contribution in [2.75, 3.05) is 49.6 Å². The van der Waals surface area contributed by atoms with Crippen molar-refractivity contribution >= 4 is 33.6 Å². The molecular formula is C29H31N9O2S. The summed E-state index contributed by atoms with van der Waals surface area (Å²) in [6.07, 6.45) is 7.39. The number of likely N-dealkylation sites (tertiary alicyclic amines) is 1. The SMILES string of the molecule is CC(=O)N1CCC2(CC1)CN(c1nnc(-c3cnc(-c4ccc5cc(C#N)cnn45)cc3NC3CCOCC3)s1)C2. The number of nitriles is 1. The first-order chi connectivity index (χ1) is 20.0. The molecule has 1 spiro atoms. The Morgan fingerprint density at radius 1 is 1.15 bits per heavy atom. The van der Waals surface area contributed by atoms with Gasteiger partial charge in [-0.05, 0) is 49.9 Å². The maximum absolute atomic E-state index is 11.7. The average Bonchev–Trinajstić information content (AvgIpc) is 3.64. The third-order valence-electron chi connectivity index (χ3n) is 8.61. The Labute approximate surface area is 241 Å². The number of piperidine rings is 1. The number of ether oxygens (including phenoxy) is 1. The summed E-state index contributed by atoms with van der Waals surface area (Å²) in [5, 5.41) is 28.4. The minimum absolute atomic E-state index is 0.171. The molecule has 41 heavy (non-hydrogen) atoms. The van der Waals surface area contributed by atoms with Crippen LogP contribution in [0.4, 0.5) is 10.8 Å². The largest absolute Gasteiger partial charge is 0.381 e. The van der Waals surface area contributed by atoms with E-state index in [1.54, 1.807) is 24.5 Å². The maximum Gasteiger partial charge on any atom is 0.219 e. The number of carbonyl (C=O) groups is 1. The molecule has 1 amide bonds. The summed E-state index contributed by atoms with van der Waals surface area (Å²) < 4.78 is 7.39. The van der Waals surface area contributed by atoms with Crippen LogP contribution in [0.15, 0.2) is 36.7 Å². The number of hydrogen-bond acceptors (Lipinski definition) is 10. The number of nitrogens with one attached hydrogen (secondary N) is 1. The second kappa shape index (κ2) is 10.4. The molecule has 210 valence electrons. The van der Waals surface area contributed by atoms with Gasteiger partial charge < -0.3 is 19.9 Å². The van der Waals surface area contributed by atoms with Gasteiger partial charge in [0.15, 0.2) is 5.01 Å². The number of pyridine rings is 1. The molecule has 3 fully saturated rings. The predicted octanol–water partition coefficient (Wildman–Crippen LogP) is 3.83. The van der Waals surface area contributed by atoms with Crippen LogP contribution in [0.5, 0.6) is 0 Å². The molecule has 0 aromatic carbocycles. The summed E-state index contributed by atoms with van der Waals surface area (Å²) in [6.45, 7) is 6.74. The lowest BCUT2D eigenvalue weighted by molar-refractivity contribution is -0.131. The zero-order valence-electron chi connectivity index (χ0n) is 22.9. The van der Waals surface area contributed by atoms with Crippen LogP contribution in [0.3, 0.4) is 0 Å². The van der Waals surface area contributed by atoms with Crippen molar-refractivity contribution in [3.63, 3.8) is 0 Å². The second-order valence-corrected chi connectivity index (χ2v) is 12.3. The smallest absolute Gasteiger partial charge is 0.219 e. The first-order valence-corrected chi connectivity index (χ1v) is 14.9. The molecule has 0 unspecified atom stereocenters. The number of hydrogen-bond donors (Lipinski definition) is 1. The molecule has 0 bridgehead atoms. The predicted molar refractivity (Wildman–Crippen MR) is 156 cm³/mol. The number of anilines is 2. The first kappa shape index (κ1) is 25.9. The molecule has 0 radical (unpaired) electrons. The van der Waals surface area contributed by atoms with E-state index in [-0.39, 0.29) is 11.3 Å². The first-order valence-electron chi connectivity index (χ1n) is 14.1. The van der Waals surface area contributed by atoms with E-state index >= 15 is 0 Å². The maximum atomic E-state index is 11.7. The molecule has 11 nitrogen and oxygen atoms in total. The number of fused-ring (bicyclic) bond motifs is 1. The van der Waals surface area contributed by atoms with E-state index in [0.717, 1.165) is 103 Å². The zero-order chi connectivity index (χ0) is 28.0. The Balaban J connectivity index is 1.15. The molecule has 4 aromatic heterocycles. The van der Waals surface area contributed by atoms with Crippen LogP contribution in [-0.4, -0.2) is 81.0 Å². The van der Waals surface area contributed by atoms with E-state index in [2.05, 4.69) is 37.6 Å². The molecule has 3 aliphatic heterocycles. The van der Waals surface area contributed by atoms with E-state index < -0.39 is 0 Å². The van der Waals surface area contributed by atoms with Crippen LogP contribution in [0, 0.1) is 16.7 Å². The number of amides is 1. The van der Waals surface area contributed by atoms with Crippen LogP contribution < -0.4 is 10.2 Å². The molecule has 4 aromatic rings. The lowest BCUT2D eigenvalue weighted by Gasteiger charge is -2.53. The van der Waals surface area contributed by atoms with Crippen molar-refractivity contribution < 1.29 is 9.53 Å². The van der Waals surface area contributed by atoms with Gasteiger partial charge in [0, 0.05) is 69.7 Å². The summed E-state index contributed by atoms with van der Waals surface area (Å²) in [5.74, 6) is 0.171. The molecular weight excluding hydrogens is 538 g/mol. The topological polar surface area (TPSA) is 125 Å². The third kappa shape index (κ3) is 4.89. The van der Waals surface area contributed by atoms with E-state index in [9.17, 15) is 10.1 Å². The van der Waals surface area contributed by atoms with Crippen molar-refractivity contribution in [1.29, 1.82) is 5.26 Å². The molecule has 0 aliphatic carbocycles. The molecule has 12 heteroatoms.